The third-order valence-electron chi connectivity index (χ3n) is 2.84. The van der Waals surface area contributed by atoms with Gasteiger partial charge in [-0.1, -0.05) is 12.1 Å². The Balaban J connectivity index is 2.20. The first-order valence-corrected chi connectivity index (χ1v) is 5.99. The predicted molar refractivity (Wildman–Crippen MR) is 68.0 cm³/mol. The Hall–Kier alpha value is -2.08. The van der Waals surface area contributed by atoms with Crippen molar-refractivity contribution >= 4 is 17.6 Å². The lowest BCUT2D eigenvalue weighted by atomic mass is 9.96. The Labute approximate surface area is 109 Å². The lowest BCUT2D eigenvalue weighted by Gasteiger charge is -2.20. The van der Waals surface area contributed by atoms with Crippen LogP contribution in [0.4, 0.5) is 4.39 Å². The Morgan fingerprint density at radius 1 is 1.26 bits per heavy atom. The van der Waals surface area contributed by atoms with E-state index >= 15 is 0 Å². The lowest BCUT2D eigenvalue weighted by molar-refractivity contribution is -0.129. The van der Waals surface area contributed by atoms with Gasteiger partial charge in [0, 0.05) is 6.42 Å². The molecule has 2 rings (SSSR count). The van der Waals surface area contributed by atoms with Crippen LogP contribution in [-0.2, 0) is 9.59 Å². The summed E-state index contributed by atoms with van der Waals surface area (Å²) in [4.78, 5) is 27.7. The van der Waals surface area contributed by atoms with Gasteiger partial charge in [-0.25, -0.2) is 4.39 Å². The van der Waals surface area contributed by atoms with Crippen LogP contribution in [0.5, 0.6) is 0 Å². The molecular formula is C13H14FN3O2. The molecule has 0 aromatic heterocycles. The number of hydrogen-bond donors (Lipinski definition) is 2. The molecule has 0 bridgehead atoms. The second-order valence-corrected chi connectivity index (χ2v) is 4.26. The summed E-state index contributed by atoms with van der Waals surface area (Å²) in [5.41, 5.74) is 5.80. The van der Waals surface area contributed by atoms with E-state index in [0.717, 1.165) is 0 Å². The SMILES string of the molecule is NCCCC1=NC(=O)C(c2ccc(F)cc2)C(=O)N1. The van der Waals surface area contributed by atoms with Crippen molar-refractivity contribution in [3.05, 3.63) is 35.6 Å². The van der Waals surface area contributed by atoms with E-state index in [0.29, 0.717) is 30.8 Å². The molecule has 100 valence electrons. The minimum absolute atomic E-state index is 0.346. The summed E-state index contributed by atoms with van der Waals surface area (Å²) in [6, 6.07) is 5.25. The minimum atomic E-state index is -0.998. The molecule has 1 aromatic rings. The monoisotopic (exact) mass is 263 g/mol. The van der Waals surface area contributed by atoms with Crippen LogP contribution in [0.25, 0.3) is 0 Å². The fourth-order valence-corrected chi connectivity index (χ4v) is 1.89. The largest absolute Gasteiger partial charge is 0.330 e. The Morgan fingerprint density at radius 2 is 1.95 bits per heavy atom. The van der Waals surface area contributed by atoms with E-state index in [-0.39, 0.29) is 0 Å². The Morgan fingerprint density at radius 3 is 2.53 bits per heavy atom. The summed E-state index contributed by atoms with van der Waals surface area (Å²) in [5, 5.41) is 2.59. The Bertz CT molecular complexity index is 525. The summed E-state index contributed by atoms with van der Waals surface area (Å²) in [7, 11) is 0. The van der Waals surface area contributed by atoms with Crippen molar-refractivity contribution in [3.8, 4) is 0 Å². The number of hydrogen-bond acceptors (Lipinski definition) is 3. The fourth-order valence-electron chi connectivity index (χ4n) is 1.89. The molecular weight excluding hydrogens is 249 g/mol. The van der Waals surface area contributed by atoms with Gasteiger partial charge in [0.15, 0.2) is 0 Å². The van der Waals surface area contributed by atoms with Gasteiger partial charge in [-0.2, -0.15) is 4.99 Å². The number of benzene rings is 1. The van der Waals surface area contributed by atoms with Gasteiger partial charge < -0.3 is 11.1 Å². The van der Waals surface area contributed by atoms with Gasteiger partial charge >= 0.3 is 0 Å². The second-order valence-electron chi connectivity index (χ2n) is 4.26. The van der Waals surface area contributed by atoms with E-state index in [1.807, 2.05) is 0 Å². The zero-order chi connectivity index (χ0) is 13.8. The maximum Gasteiger partial charge on any atom is 0.264 e. The molecule has 0 fully saturated rings. The van der Waals surface area contributed by atoms with Gasteiger partial charge in [0.1, 0.15) is 17.6 Å². The van der Waals surface area contributed by atoms with Gasteiger partial charge in [0.2, 0.25) is 5.91 Å². The molecule has 1 aromatic carbocycles. The number of nitrogens with zero attached hydrogens (tertiary/aromatic N) is 1. The first-order chi connectivity index (χ1) is 9.11. The zero-order valence-corrected chi connectivity index (χ0v) is 10.2. The highest BCUT2D eigenvalue weighted by Crippen LogP contribution is 2.21. The van der Waals surface area contributed by atoms with E-state index in [4.69, 9.17) is 5.73 Å². The lowest BCUT2D eigenvalue weighted by Crippen LogP contribution is -2.42. The number of nitrogens with one attached hydrogen (secondary N) is 1. The number of aliphatic imine (C=N–C) groups is 1. The molecule has 1 heterocycles. The molecule has 5 nitrogen and oxygen atoms in total. The van der Waals surface area contributed by atoms with E-state index in [9.17, 15) is 14.0 Å². The van der Waals surface area contributed by atoms with Crippen LogP contribution in [0.2, 0.25) is 0 Å². The van der Waals surface area contributed by atoms with Crippen molar-refractivity contribution in [1.82, 2.24) is 5.32 Å². The summed E-state index contributed by atoms with van der Waals surface area (Å²) < 4.78 is 12.8. The van der Waals surface area contributed by atoms with Gasteiger partial charge in [-0.05, 0) is 30.7 Å². The van der Waals surface area contributed by atoms with Crippen LogP contribution in [-0.4, -0.2) is 24.2 Å². The van der Waals surface area contributed by atoms with Crippen molar-refractivity contribution in [3.63, 3.8) is 0 Å². The molecule has 2 amide bonds. The normalized spacial score (nSPS) is 19.1. The molecule has 0 aliphatic carbocycles. The van der Waals surface area contributed by atoms with Crippen LogP contribution in [0.3, 0.4) is 0 Å². The molecule has 3 N–H and O–H groups in total. The highest BCUT2D eigenvalue weighted by Gasteiger charge is 2.32. The maximum absolute atomic E-state index is 12.8. The molecule has 0 saturated carbocycles. The number of amidine groups is 1. The summed E-state index contributed by atoms with van der Waals surface area (Å²) in [5.74, 6) is -2.03. The number of carbonyl (C=O) groups excluding carboxylic acids is 2. The number of amides is 2. The smallest absolute Gasteiger partial charge is 0.264 e. The van der Waals surface area contributed by atoms with Crippen molar-refractivity contribution in [2.45, 2.75) is 18.8 Å². The number of carbonyl (C=O) groups is 2. The quantitative estimate of drug-likeness (QED) is 0.784. The zero-order valence-electron chi connectivity index (χ0n) is 10.2. The van der Waals surface area contributed by atoms with E-state index in [1.54, 1.807) is 0 Å². The molecule has 6 heteroatoms. The van der Waals surface area contributed by atoms with Crippen molar-refractivity contribution in [2.24, 2.45) is 10.7 Å². The van der Waals surface area contributed by atoms with Gasteiger partial charge in [0.05, 0.1) is 0 Å². The van der Waals surface area contributed by atoms with Crippen LogP contribution >= 0.6 is 0 Å². The average Bonchev–Trinajstić information content (AvgIpc) is 2.38. The van der Waals surface area contributed by atoms with Gasteiger partial charge in [-0.3, -0.25) is 9.59 Å². The second kappa shape index (κ2) is 5.71. The van der Waals surface area contributed by atoms with Crippen molar-refractivity contribution in [2.75, 3.05) is 6.54 Å². The Kier molecular flexibility index (Phi) is 4.01. The maximum atomic E-state index is 12.8. The molecule has 1 aliphatic rings. The first kappa shape index (κ1) is 13.4. The van der Waals surface area contributed by atoms with Crippen LogP contribution < -0.4 is 11.1 Å². The molecule has 1 atom stereocenters. The summed E-state index contributed by atoms with van der Waals surface area (Å²) in [6.07, 6.45) is 1.11. The highest BCUT2D eigenvalue weighted by atomic mass is 19.1. The molecule has 19 heavy (non-hydrogen) atoms. The third-order valence-corrected chi connectivity index (χ3v) is 2.84. The van der Waals surface area contributed by atoms with E-state index < -0.39 is 23.5 Å². The average molecular weight is 263 g/mol. The molecule has 0 saturated heterocycles. The number of nitrogens with two attached hydrogens (primary N) is 1. The first-order valence-electron chi connectivity index (χ1n) is 5.99. The minimum Gasteiger partial charge on any atom is -0.330 e. The predicted octanol–water partition coefficient (Wildman–Crippen LogP) is 0.703. The van der Waals surface area contributed by atoms with Crippen LogP contribution in [0.15, 0.2) is 29.3 Å². The molecule has 0 radical (unpaired) electrons. The standard InChI is InChI=1S/C13H14FN3O2/c14-9-5-3-8(4-6-9)11-12(18)16-10(2-1-7-15)17-13(11)19/h3-6,11H,1-2,7,15H2,(H,16,17,18,19). The molecule has 1 unspecified atom stereocenters. The van der Waals surface area contributed by atoms with Crippen molar-refractivity contribution < 1.29 is 14.0 Å². The topological polar surface area (TPSA) is 84.5 Å². The third kappa shape index (κ3) is 3.03. The van der Waals surface area contributed by atoms with Gasteiger partial charge in [-0.15, -0.1) is 0 Å². The van der Waals surface area contributed by atoms with Crippen molar-refractivity contribution in [1.29, 1.82) is 0 Å². The molecule has 0 spiro atoms. The highest BCUT2D eigenvalue weighted by molar-refractivity contribution is 6.18. The van der Waals surface area contributed by atoms with Crippen LogP contribution in [0, 0.1) is 5.82 Å². The van der Waals surface area contributed by atoms with E-state index in [2.05, 4.69) is 10.3 Å². The number of rotatable bonds is 4. The van der Waals surface area contributed by atoms with Gasteiger partial charge in [0.25, 0.3) is 5.91 Å². The van der Waals surface area contributed by atoms with E-state index in [1.165, 1.54) is 24.3 Å². The summed E-state index contributed by atoms with van der Waals surface area (Å²) in [6.45, 7) is 0.463. The number of halogens is 1. The molecule has 1 aliphatic heterocycles. The summed E-state index contributed by atoms with van der Waals surface area (Å²) >= 11 is 0. The fraction of sp³-hybridized carbons (Fsp3) is 0.308. The van der Waals surface area contributed by atoms with Crippen LogP contribution in [0.1, 0.15) is 24.3 Å².